The van der Waals surface area contributed by atoms with Crippen molar-refractivity contribution in [2.45, 2.75) is 12.8 Å². The Morgan fingerprint density at radius 1 is 1.47 bits per heavy atom. The van der Waals surface area contributed by atoms with Gasteiger partial charge in [0, 0.05) is 25.3 Å². The summed E-state index contributed by atoms with van der Waals surface area (Å²) in [6, 6.07) is 5.05. The summed E-state index contributed by atoms with van der Waals surface area (Å²) in [4.78, 5) is 12.0. The lowest BCUT2D eigenvalue weighted by molar-refractivity contribution is 0.0642. The summed E-state index contributed by atoms with van der Waals surface area (Å²) in [5.41, 5.74) is 6.82. The number of nitrogens with one attached hydrogen (secondary N) is 1. The molecule has 0 saturated carbocycles. The Hall–Kier alpha value is -1.75. The van der Waals surface area contributed by atoms with Gasteiger partial charge in [-0.2, -0.15) is 0 Å². The SMILES string of the molecule is COc1cc(C(=O)NCC2CCOCC2)ccc1N. The van der Waals surface area contributed by atoms with E-state index >= 15 is 0 Å². The van der Waals surface area contributed by atoms with Crippen molar-refractivity contribution < 1.29 is 14.3 Å². The second-order valence-corrected chi connectivity index (χ2v) is 4.72. The van der Waals surface area contributed by atoms with E-state index in [1.165, 1.54) is 7.11 Å². The zero-order valence-corrected chi connectivity index (χ0v) is 11.1. The van der Waals surface area contributed by atoms with Crippen molar-refractivity contribution in [1.82, 2.24) is 5.32 Å². The molecule has 1 fully saturated rings. The Morgan fingerprint density at radius 2 is 2.21 bits per heavy atom. The van der Waals surface area contributed by atoms with Crippen LogP contribution in [0, 0.1) is 5.92 Å². The number of carbonyl (C=O) groups is 1. The van der Waals surface area contributed by atoms with Crippen LogP contribution in [0.5, 0.6) is 5.75 Å². The lowest BCUT2D eigenvalue weighted by atomic mass is 10.0. The van der Waals surface area contributed by atoms with E-state index in [1.807, 2.05) is 0 Å². The van der Waals surface area contributed by atoms with Gasteiger partial charge < -0.3 is 20.5 Å². The van der Waals surface area contributed by atoms with Gasteiger partial charge in [0.1, 0.15) is 5.75 Å². The molecule has 1 saturated heterocycles. The van der Waals surface area contributed by atoms with Crippen molar-refractivity contribution in [3.63, 3.8) is 0 Å². The molecule has 104 valence electrons. The molecule has 5 nitrogen and oxygen atoms in total. The molecule has 1 heterocycles. The van der Waals surface area contributed by atoms with Crippen LogP contribution >= 0.6 is 0 Å². The van der Waals surface area contributed by atoms with Crippen molar-refractivity contribution >= 4 is 11.6 Å². The van der Waals surface area contributed by atoms with E-state index in [9.17, 15) is 4.79 Å². The van der Waals surface area contributed by atoms with Crippen LogP contribution in [0.15, 0.2) is 18.2 Å². The summed E-state index contributed by atoms with van der Waals surface area (Å²) in [7, 11) is 1.54. The molecule has 0 aromatic heterocycles. The first-order chi connectivity index (χ1) is 9.20. The number of anilines is 1. The number of rotatable bonds is 4. The first-order valence-electron chi connectivity index (χ1n) is 6.50. The fourth-order valence-corrected chi connectivity index (χ4v) is 2.14. The molecule has 0 bridgehead atoms. The van der Waals surface area contributed by atoms with Crippen LogP contribution in [0.3, 0.4) is 0 Å². The van der Waals surface area contributed by atoms with Crippen molar-refractivity contribution in [2.75, 3.05) is 32.6 Å². The summed E-state index contributed by atoms with van der Waals surface area (Å²) in [5, 5.41) is 2.95. The average Bonchev–Trinajstić information content (AvgIpc) is 2.46. The van der Waals surface area contributed by atoms with Gasteiger partial charge in [0.25, 0.3) is 5.91 Å². The van der Waals surface area contributed by atoms with Crippen molar-refractivity contribution in [2.24, 2.45) is 5.92 Å². The number of amides is 1. The predicted molar refractivity (Wildman–Crippen MR) is 73.3 cm³/mol. The van der Waals surface area contributed by atoms with Gasteiger partial charge in [-0.05, 0) is 37.0 Å². The third kappa shape index (κ3) is 3.61. The molecule has 1 amide bonds. The van der Waals surface area contributed by atoms with Crippen LogP contribution in [-0.2, 0) is 4.74 Å². The summed E-state index contributed by atoms with van der Waals surface area (Å²) in [5.74, 6) is 0.942. The highest BCUT2D eigenvalue weighted by Gasteiger charge is 2.15. The maximum Gasteiger partial charge on any atom is 0.251 e. The first-order valence-corrected chi connectivity index (χ1v) is 6.50. The molecule has 3 N–H and O–H groups in total. The van der Waals surface area contributed by atoms with Gasteiger partial charge in [0.2, 0.25) is 0 Å². The maximum atomic E-state index is 12.0. The molecule has 0 atom stereocenters. The van der Waals surface area contributed by atoms with Gasteiger partial charge in [-0.25, -0.2) is 0 Å². The van der Waals surface area contributed by atoms with Gasteiger partial charge >= 0.3 is 0 Å². The van der Waals surface area contributed by atoms with E-state index in [2.05, 4.69) is 5.32 Å². The van der Waals surface area contributed by atoms with Crippen LogP contribution < -0.4 is 15.8 Å². The molecule has 1 aromatic carbocycles. The van der Waals surface area contributed by atoms with Crippen molar-refractivity contribution in [1.29, 1.82) is 0 Å². The average molecular weight is 264 g/mol. The highest BCUT2D eigenvalue weighted by Crippen LogP contribution is 2.22. The molecule has 0 radical (unpaired) electrons. The normalized spacial score (nSPS) is 16.1. The van der Waals surface area contributed by atoms with Crippen LogP contribution in [-0.4, -0.2) is 32.8 Å². The fraction of sp³-hybridized carbons (Fsp3) is 0.500. The number of hydrogen-bond acceptors (Lipinski definition) is 4. The first kappa shape index (κ1) is 13.7. The molecule has 0 unspecified atom stereocenters. The fourth-order valence-electron chi connectivity index (χ4n) is 2.14. The molecule has 0 aliphatic carbocycles. The van der Waals surface area contributed by atoms with Crippen molar-refractivity contribution in [3.05, 3.63) is 23.8 Å². The highest BCUT2D eigenvalue weighted by molar-refractivity contribution is 5.95. The van der Waals surface area contributed by atoms with Gasteiger partial charge in [-0.1, -0.05) is 0 Å². The molecule has 19 heavy (non-hydrogen) atoms. The van der Waals surface area contributed by atoms with Crippen LogP contribution in [0.25, 0.3) is 0 Å². The highest BCUT2D eigenvalue weighted by atomic mass is 16.5. The lowest BCUT2D eigenvalue weighted by Gasteiger charge is -2.22. The Balaban J connectivity index is 1.92. The van der Waals surface area contributed by atoms with Crippen molar-refractivity contribution in [3.8, 4) is 5.75 Å². The molecule has 1 aliphatic rings. The molecule has 0 spiro atoms. The number of benzene rings is 1. The molecule has 1 aromatic rings. The van der Waals surface area contributed by atoms with E-state index in [0.717, 1.165) is 26.1 Å². The van der Waals surface area contributed by atoms with E-state index in [0.29, 0.717) is 29.5 Å². The summed E-state index contributed by atoms with van der Waals surface area (Å²) >= 11 is 0. The Kier molecular flexibility index (Phi) is 4.63. The smallest absolute Gasteiger partial charge is 0.251 e. The number of methoxy groups -OCH3 is 1. The number of nitrogen functional groups attached to an aromatic ring is 1. The number of hydrogen-bond donors (Lipinski definition) is 2. The van der Waals surface area contributed by atoms with E-state index in [1.54, 1.807) is 18.2 Å². The van der Waals surface area contributed by atoms with Crippen LogP contribution in [0.2, 0.25) is 0 Å². The molecule has 5 heteroatoms. The predicted octanol–water partition coefficient (Wildman–Crippen LogP) is 1.43. The van der Waals surface area contributed by atoms with Crippen LogP contribution in [0.1, 0.15) is 23.2 Å². The molecular formula is C14H20N2O3. The van der Waals surface area contributed by atoms with Gasteiger partial charge in [0.15, 0.2) is 0 Å². The van der Waals surface area contributed by atoms with E-state index in [4.69, 9.17) is 15.2 Å². The second-order valence-electron chi connectivity index (χ2n) is 4.72. The number of carbonyl (C=O) groups excluding carboxylic acids is 1. The maximum absolute atomic E-state index is 12.0. The summed E-state index contributed by atoms with van der Waals surface area (Å²) in [6.45, 7) is 2.27. The molecular weight excluding hydrogens is 244 g/mol. The topological polar surface area (TPSA) is 73.6 Å². The van der Waals surface area contributed by atoms with Gasteiger partial charge in [0.05, 0.1) is 12.8 Å². The zero-order chi connectivity index (χ0) is 13.7. The Morgan fingerprint density at radius 3 is 2.89 bits per heavy atom. The number of ether oxygens (including phenoxy) is 2. The monoisotopic (exact) mass is 264 g/mol. The lowest BCUT2D eigenvalue weighted by Crippen LogP contribution is -2.32. The van der Waals surface area contributed by atoms with E-state index in [-0.39, 0.29) is 5.91 Å². The Bertz CT molecular complexity index is 442. The molecule has 2 rings (SSSR count). The largest absolute Gasteiger partial charge is 0.495 e. The second kappa shape index (κ2) is 6.43. The quantitative estimate of drug-likeness (QED) is 0.807. The van der Waals surface area contributed by atoms with E-state index < -0.39 is 0 Å². The third-order valence-electron chi connectivity index (χ3n) is 3.39. The van der Waals surface area contributed by atoms with Gasteiger partial charge in [-0.15, -0.1) is 0 Å². The third-order valence-corrected chi connectivity index (χ3v) is 3.39. The summed E-state index contributed by atoms with van der Waals surface area (Å²) < 4.78 is 10.4. The standard InChI is InChI=1S/C14H20N2O3/c1-18-13-8-11(2-3-12(13)15)14(17)16-9-10-4-6-19-7-5-10/h2-3,8,10H,4-7,9,15H2,1H3,(H,16,17). The number of nitrogens with two attached hydrogens (primary N) is 1. The minimum absolute atomic E-state index is 0.0928. The zero-order valence-electron chi connectivity index (χ0n) is 11.1. The van der Waals surface area contributed by atoms with Crippen LogP contribution in [0.4, 0.5) is 5.69 Å². The van der Waals surface area contributed by atoms with Gasteiger partial charge in [-0.3, -0.25) is 4.79 Å². The minimum atomic E-state index is -0.0928. The summed E-state index contributed by atoms with van der Waals surface area (Å²) in [6.07, 6.45) is 2.01. The Labute approximate surface area is 113 Å². The molecule has 1 aliphatic heterocycles. The minimum Gasteiger partial charge on any atom is -0.495 e.